The number of ether oxygens (including phenoxy) is 1. The zero-order valence-corrected chi connectivity index (χ0v) is 14.2. The number of hydrogen-bond acceptors (Lipinski definition) is 4. The van der Waals surface area contributed by atoms with E-state index in [1.807, 2.05) is 16.8 Å². The molecule has 0 fully saturated rings. The molecular formula is C15H21N5OSi. The molecule has 0 radical (unpaired) electrons. The number of nitrogens with zero attached hydrogens (tertiary/aromatic N) is 4. The highest BCUT2D eigenvalue weighted by atomic mass is 28.3. The van der Waals surface area contributed by atoms with Gasteiger partial charge in [-0.3, -0.25) is 0 Å². The van der Waals surface area contributed by atoms with Crippen LogP contribution in [0.25, 0.3) is 21.6 Å². The lowest BCUT2D eigenvalue weighted by Crippen LogP contribution is -2.22. The predicted molar refractivity (Wildman–Crippen MR) is 90.4 cm³/mol. The molecule has 0 aliphatic carbocycles. The normalized spacial score (nSPS) is 12.5. The molecule has 0 amide bonds. The van der Waals surface area contributed by atoms with Gasteiger partial charge >= 0.3 is 0 Å². The molecule has 0 aliphatic heterocycles. The minimum Gasteiger partial charge on any atom is -0.413 e. The molecule has 116 valence electrons. The molecule has 0 atom stereocenters. The molecule has 0 saturated heterocycles. The number of fused-ring (bicyclic) bond motifs is 1. The van der Waals surface area contributed by atoms with Crippen LogP contribution in [0.2, 0.25) is 25.7 Å². The summed E-state index contributed by atoms with van der Waals surface area (Å²) >= 11 is 0. The zero-order valence-electron chi connectivity index (χ0n) is 13.2. The van der Waals surface area contributed by atoms with E-state index in [2.05, 4.69) is 34.5 Å². The standard InChI is InChI=1S/C15H21N5OSi/c1-17-13(9-16)14-12-5-6-20(15(12)19-10-18-14)11-21-7-8-22(2,3)4/h5-6,9-10H,7-8,11,16H2,2-4H3/b13-9-. The maximum atomic E-state index is 7.16. The summed E-state index contributed by atoms with van der Waals surface area (Å²) < 4.78 is 7.67. The van der Waals surface area contributed by atoms with E-state index < -0.39 is 8.07 Å². The molecule has 0 saturated carbocycles. The van der Waals surface area contributed by atoms with Crippen molar-refractivity contribution in [3.05, 3.63) is 41.9 Å². The molecule has 2 N–H and O–H groups in total. The Balaban J connectivity index is 2.17. The molecular weight excluding hydrogens is 294 g/mol. The van der Waals surface area contributed by atoms with E-state index in [1.54, 1.807) is 0 Å². The molecule has 0 aliphatic rings. The summed E-state index contributed by atoms with van der Waals surface area (Å²) in [6, 6.07) is 3.02. The van der Waals surface area contributed by atoms with Crippen LogP contribution in [0.1, 0.15) is 5.69 Å². The van der Waals surface area contributed by atoms with Crippen LogP contribution in [0.3, 0.4) is 0 Å². The summed E-state index contributed by atoms with van der Waals surface area (Å²) in [5.41, 5.74) is 7.12. The van der Waals surface area contributed by atoms with Crippen LogP contribution in [-0.2, 0) is 11.5 Å². The molecule has 2 rings (SSSR count). The fraction of sp³-hybridized carbons (Fsp3) is 0.400. The minimum atomic E-state index is -1.08. The minimum absolute atomic E-state index is 0.324. The van der Waals surface area contributed by atoms with Crippen LogP contribution in [0.4, 0.5) is 0 Å². The predicted octanol–water partition coefficient (Wildman–Crippen LogP) is 2.92. The van der Waals surface area contributed by atoms with Gasteiger partial charge in [-0.25, -0.2) is 14.8 Å². The van der Waals surface area contributed by atoms with E-state index in [1.165, 1.54) is 12.5 Å². The van der Waals surface area contributed by atoms with Gasteiger partial charge in [-0.05, 0) is 12.1 Å². The third-order valence-electron chi connectivity index (χ3n) is 3.30. The second-order valence-corrected chi connectivity index (χ2v) is 11.9. The third kappa shape index (κ3) is 3.72. The van der Waals surface area contributed by atoms with Crippen molar-refractivity contribution in [3.8, 4) is 0 Å². The molecule has 0 aromatic carbocycles. The Hall–Kier alpha value is -2.17. The van der Waals surface area contributed by atoms with Crippen molar-refractivity contribution in [3.63, 3.8) is 0 Å². The smallest absolute Gasteiger partial charge is 0.227 e. The topological polar surface area (TPSA) is 70.3 Å². The first kappa shape index (κ1) is 16.2. The highest BCUT2D eigenvalue weighted by Gasteiger charge is 2.14. The summed E-state index contributed by atoms with van der Waals surface area (Å²) in [4.78, 5) is 11.9. The van der Waals surface area contributed by atoms with E-state index in [0.29, 0.717) is 18.1 Å². The van der Waals surface area contributed by atoms with Crippen LogP contribution in [0.5, 0.6) is 0 Å². The summed E-state index contributed by atoms with van der Waals surface area (Å²) in [6.45, 7) is 15.3. The second-order valence-electron chi connectivity index (χ2n) is 6.26. The van der Waals surface area contributed by atoms with Gasteiger partial charge in [-0.1, -0.05) is 19.6 Å². The van der Waals surface area contributed by atoms with E-state index in [4.69, 9.17) is 17.0 Å². The van der Waals surface area contributed by atoms with E-state index in [-0.39, 0.29) is 0 Å². The van der Waals surface area contributed by atoms with Gasteiger partial charge in [0, 0.05) is 32.5 Å². The maximum absolute atomic E-state index is 7.16. The van der Waals surface area contributed by atoms with Crippen LogP contribution < -0.4 is 5.73 Å². The van der Waals surface area contributed by atoms with E-state index >= 15 is 0 Å². The Morgan fingerprint density at radius 2 is 2.23 bits per heavy atom. The first-order chi connectivity index (χ1) is 10.5. The summed E-state index contributed by atoms with van der Waals surface area (Å²) in [7, 11) is -1.08. The Bertz CT molecular complexity index is 724. The van der Waals surface area contributed by atoms with Gasteiger partial charge < -0.3 is 15.0 Å². The molecule has 6 nitrogen and oxygen atoms in total. The largest absolute Gasteiger partial charge is 0.413 e. The Morgan fingerprint density at radius 3 is 2.86 bits per heavy atom. The van der Waals surface area contributed by atoms with Gasteiger partial charge in [0.2, 0.25) is 5.70 Å². The number of aromatic nitrogens is 3. The summed E-state index contributed by atoms with van der Waals surface area (Å²) in [6.07, 6.45) is 4.62. The molecule has 0 unspecified atom stereocenters. The highest BCUT2D eigenvalue weighted by molar-refractivity contribution is 6.76. The highest BCUT2D eigenvalue weighted by Crippen LogP contribution is 2.23. The van der Waals surface area contributed by atoms with Crippen molar-refractivity contribution in [2.75, 3.05) is 6.61 Å². The lowest BCUT2D eigenvalue weighted by atomic mass is 10.2. The quantitative estimate of drug-likeness (QED) is 0.505. The molecule has 7 heteroatoms. The fourth-order valence-electron chi connectivity index (χ4n) is 2.02. The zero-order chi connectivity index (χ0) is 16.2. The monoisotopic (exact) mass is 315 g/mol. The average molecular weight is 315 g/mol. The average Bonchev–Trinajstić information content (AvgIpc) is 2.88. The number of hydrogen-bond donors (Lipinski definition) is 1. The molecule has 2 heterocycles. The van der Waals surface area contributed by atoms with Crippen LogP contribution in [-0.4, -0.2) is 29.2 Å². The summed E-state index contributed by atoms with van der Waals surface area (Å²) in [5.74, 6) is 0. The lowest BCUT2D eigenvalue weighted by Gasteiger charge is -2.15. The molecule has 2 aromatic rings. The van der Waals surface area contributed by atoms with Crippen LogP contribution >= 0.6 is 0 Å². The van der Waals surface area contributed by atoms with Crippen molar-refractivity contribution in [2.24, 2.45) is 5.73 Å². The van der Waals surface area contributed by atoms with Crippen LogP contribution in [0, 0.1) is 6.57 Å². The third-order valence-corrected chi connectivity index (χ3v) is 5.01. The number of rotatable bonds is 6. The fourth-order valence-corrected chi connectivity index (χ4v) is 2.78. The van der Waals surface area contributed by atoms with Gasteiger partial charge in [0.05, 0.1) is 12.3 Å². The molecule has 22 heavy (non-hydrogen) atoms. The second kappa shape index (κ2) is 6.73. The Kier molecular flexibility index (Phi) is 4.95. The lowest BCUT2D eigenvalue weighted by molar-refractivity contribution is 0.0899. The first-order valence-electron chi connectivity index (χ1n) is 7.13. The number of nitrogens with two attached hydrogens (primary N) is 1. The van der Waals surface area contributed by atoms with Crippen molar-refractivity contribution in [1.29, 1.82) is 0 Å². The van der Waals surface area contributed by atoms with Crippen molar-refractivity contribution >= 4 is 24.8 Å². The Labute approximate surface area is 131 Å². The van der Waals surface area contributed by atoms with Crippen molar-refractivity contribution in [1.82, 2.24) is 14.5 Å². The van der Waals surface area contributed by atoms with Gasteiger partial charge in [0.1, 0.15) is 18.7 Å². The van der Waals surface area contributed by atoms with Gasteiger partial charge in [-0.15, -0.1) is 0 Å². The molecule has 2 aromatic heterocycles. The SMILES string of the molecule is [C-]#[N+]/C(=C\N)c1ncnc2c1ccn2COCC[Si](C)(C)C. The van der Waals surface area contributed by atoms with E-state index in [9.17, 15) is 0 Å². The Morgan fingerprint density at radius 1 is 1.45 bits per heavy atom. The van der Waals surface area contributed by atoms with Crippen LogP contribution in [0.15, 0.2) is 24.8 Å². The maximum Gasteiger partial charge on any atom is 0.227 e. The van der Waals surface area contributed by atoms with E-state index in [0.717, 1.165) is 23.7 Å². The van der Waals surface area contributed by atoms with Gasteiger partial charge in [0.15, 0.2) is 0 Å². The van der Waals surface area contributed by atoms with Crippen molar-refractivity contribution in [2.45, 2.75) is 32.4 Å². The van der Waals surface area contributed by atoms with Gasteiger partial charge in [0.25, 0.3) is 0 Å². The first-order valence-corrected chi connectivity index (χ1v) is 10.8. The molecule has 0 spiro atoms. The van der Waals surface area contributed by atoms with Crippen molar-refractivity contribution < 1.29 is 4.74 Å². The van der Waals surface area contributed by atoms with Gasteiger partial charge in [-0.2, -0.15) is 0 Å². The molecule has 0 bridgehead atoms. The summed E-state index contributed by atoms with van der Waals surface area (Å²) in [5, 5.41) is 0.809.